The monoisotopic (exact) mass is 211 g/mol. The molecule has 0 saturated heterocycles. The molecule has 0 bridgehead atoms. The minimum atomic E-state index is -2.07. The number of rotatable bonds is 2. The van der Waals surface area contributed by atoms with Gasteiger partial charge in [0.05, 0.1) is 0 Å². The molecule has 2 aromatic rings. The van der Waals surface area contributed by atoms with Gasteiger partial charge in [-0.05, 0) is 0 Å². The summed E-state index contributed by atoms with van der Waals surface area (Å²) < 4.78 is 14.6. The fourth-order valence-electron chi connectivity index (χ4n) is 1.63. The molecule has 2 rings (SSSR count). The topological polar surface area (TPSA) is 23.8 Å². The van der Waals surface area contributed by atoms with Gasteiger partial charge in [-0.2, -0.15) is 5.26 Å². The lowest BCUT2D eigenvalue weighted by Gasteiger charge is -2.18. The Labute approximate surface area is 93.8 Å². The Balaban J connectivity index is 2.55. The van der Waals surface area contributed by atoms with E-state index in [1.165, 1.54) is 0 Å². The van der Waals surface area contributed by atoms with Crippen molar-refractivity contribution in [2.75, 3.05) is 0 Å². The number of hydrogen-bond acceptors (Lipinski definition) is 1. The number of halogens is 1. The molecule has 78 valence electrons. The van der Waals surface area contributed by atoms with Gasteiger partial charge >= 0.3 is 0 Å². The molecule has 2 heteroatoms. The van der Waals surface area contributed by atoms with Crippen LogP contribution in [0.5, 0.6) is 0 Å². The van der Waals surface area contributed by atoms with E-state index in [0.717, 1.165) is 0 Å². The van der Waals surface area contributed by atoms with Crippen LogP contribution < -0.4 is 0 Å². The van der Waals surface area contributed by atoms with E-state index in [0.29, 0.717) is 11.1 Å². The van der Waals surface area contributed by atoms with Crippen molar-refractivity contribution in [1.29, 1.82) is 5.26 Å². The average Bonchev–Trinajstić information content (AvgIpc) is 2.40. The molecule has 0 aliphatic rings. The zero-order chi connectivity index (χ0) is 11.4. The van der Waals surface area contributed by atoms with Gasteiger partial charge in [0.2, 0.25) is 5.67 Å². The molecule has 0 amide bonds. The van der Waals surface area contributed by atoms with Crippen LogP contribution in [0.3, 0.4) is 0 Å². The molecule has 0 fully saturated rings. The Morgan fingerprint density at radius 2 is 1.19 bits per heavy atom. The van der Waals surface area contributed by atoms with E-state index in [4.69, 9.17) is 5.26 Å². The first kappa shape index (κ1) is 10.4. The molecule has 0 atom stereocenters. The van der Waals surface area contributed by atoms with Crippen molar-refractivity contribution in [2.45, 2.75) is 5.67 Å². The molecule has 2 aromatic carbocycles. The van der Waals surface area contributed by atoms with Gasteiger partial charge < -0.3 is 0 Å². The highest BCUT2D eigenvalue weighted by molar-refractivity contribution is 5.41. The van der Waals surface area contributed by atoms with E-state index in [1.54, 1.807) is 66.7 Å². The Hall–Kier alpha value is -2.14. The molecule has 0 unspecified atom stereocenters. The van der Waals surface area contributed by atoms with E-state index in [-0.39, 0.29) is 0 Å². The van der Waals surface area contributed by atoms with Crippen molar-refractivity contribution in [2.24, 2.45) is 0 Å². The van der Waals surface area contributed by atoms with E-state index >= 15 is 0 Å². The maximum atomic E-state index is 14.6. The van der Waals surface area contributed by atoms with E-state index in [2.05, 4.69) is 0 Å². The molecule has 0 spiro atoms. The first-order valence-electron chi connectivity index (χ1n) is 4.98. The number of nitrogens with zero attached hydrogens (tertiary/aromatic N) is 1. The summed E-state index contributed by atoms with van der Waals surface area (Å²) in [6, 6.07) is 18.7. The van der Waals surface area contributed by atoms with Gasteiger partial charge in [0, 0.05) is 11.1 Å². The Morgan fingerprint density at radius 3 is 1.50 bits per heavy atom. The maximum Gasteiger partial charge on any atom is 0.246 e. The SMILES string of the molecule is N#CC(F)(c1ccccc1)c1ccccc1. The van der Waals surface area contributed by atoms with Gasteiger partial charge in [-0.3, -0.25) is 0 Å². The molecular weight excluding hydrogens is 201 g/mol. The molecule has 0 heterocycles. The van der Waals surface area contributed by atoms with Gasteiger partial charge in [0.15, 0.2) is 0 Å². The number of benzene rings is 2. The zero-order valence-corrected chi connectivity index (χ0v) is 8.60. The Kier molecular flexibility index (Phi) is 2.70. The Bertz CT molecular complexity index is 460. The number of nitriles is 1. The summed E-state index contributed by atoms with van der Waals surface area (Å²) >= 11 is 0. The van der Waals surface area contributed by atoms with E-state index < -0.39 is 5.67 Å². The summed E-state index contributed by atoms with van der Waals surface area (Å²) in [6.45, 7) is 0. The van der Waals surface area contributed by atoms with Crippen LogP contribution >= 0.6 is 0 Å². The molecule has 0 saturated carbocycles. The molecule has 0 aromatic heterocycles. The van der Waals surface area contributed by atoms with Crippen LogP contribution in [0, 0.1) is 11.3 Å². The highest BCUT2D eigenvalue weighted by Crippen LogP contribution is 2.32. The minimum absolute atomic E-state index is 0.365. The molecule has 0 N–H and O–H groups in total. The first-order valence-corrected chi connectivity index (χ1v) is 4.98. The molecule has 16 heavy (non-hydrogen) atoms. The average molecular weight is 211 g/mol. The highest BCUT2D eigenvalue weighted by Gasteiger charge is 2.33. The van der Waals surface area contributed by atoms with Crippen LogP contribution in [0.4, 0.5) is 4.39 Å². The second-order valence-corrected chi connectivity index (χ2v) is 3.50. The highest BCUT2D eigenvalue weighted by atomic mass is 19.1. The third-order valence-corrected chi connectivity index (χ3v) is 2.50. The second kappa shape index (κ2) is 4.16. The van der Waals surface area contributed by atoms with Gasteiger partial charge in [0.1, 0.15) is 6.07 Å². The van der Waals surface area contributed by atoms with E-state index in [9.17, 15) is 4.39 Å². The largest absolute Gasteiger partial charge is 0.246 e. The zero-order valence-electron chi connectivity index (χ0n) is 8.60. The first-order chi connectivity index (χ1) is 7.77. The predicted molar refractivity (Wildman–Crippen MR) is 60.4 cm³/mol. The van der Waals surface area contributed by atoms with Crippen LogP contribution in [-0.2, 0) is 5.67 Å². The van der Waals surface area contributed by atoms with Crippen LogP contribution in [0.15, 0.2) is 60.7 Å². The summed E-state index contributed by atoms with van der Waals surface area (Å²) in [5.74, 6) is 0. The van der Waals surface area contributed by atoms with Crippen molar-refractivity contribution in [3.8, 4) is 6.07 Å². The molecule has 0 radical (unpaired) electrons. The Morgan fingerprint density at radius 1 is 0.812 bits per heavy atom. The molecular formula is C14H10FN. The van der Waals surface area contributed by atoms with Crippen molar-refractivity contribution in [3.05, 3.63) is 71.8 Å². The van der Waals surface area contributed by atoms with Crippen molar-refractivity contribution >= 4 is 0 Å². The van der Waals surface area contributed by atoms with Crippen LogP contribution in [0.2, 0.25) is 0 Å². The summed E-state index contributed by atoms with van der Waals surface area (Å²) in [6.07, 6.45) is 0. The van der Waals surface area contributed by atoms with Gasteiger partial charge in [-0.25, -0.2) is 4.39 Å². The normalized spacial score (nSPS) is 10.8. The van der Waals surface area contributed by atoms with Crippen molar-refractivity contribution in [1.82, 2.24) is 0 Å². The summed E-state index contributed by atoms with van der Waals surface area (Å²) in [4.78, 5) is 0. The van der Waals surface area contributed by atoms with Crippen LogP contribution in [0.1, 0.15) is 11.1 Å². The lowest BCUT2D eigenvalue weighted by Crippen LogP contribution is -2.19. The van der Waals surface area contributed by atoms with Crippen LogP contribution in [0.25, 0.3) is 0 Å². The summed E-state index contributed by atoms with van der Waals surface area (Å²) in [7, 11) is 0. The third-order valence-electron chi connectivity index (χ3n) is 2.50. The number of hydrogen-bond donors (Lipinski definition) is 0. The molecule has 0 aliphatic heterocycles. The second-order valence-electron chi connectivity index (χ2n) is 3.50. The third kappa shape index (κ3) is 1.68. The lowest BCUT2D eigenvalue weighted by molar-refractivity contribution is 0.304. The minimum Gasteiger partial charge on any atom is -0.217 e. The fraction of sp³-hybridized carbons (Fsp3) is 0.0714. The van der Waals surface area contributed by atoms with Crippen molar-refractivity contribution in [3.63, 3.8) is 0 Å². The van der Waals surface area contributed by atoms with E-state index in [1.807, 2.05) is 0 Å². The fourth-order valence-corrected chi connectivity index (χ4v) is 1.63. The predicted octanol–water partition coefficient (Wildman–Crippen LogP) is 3.42. The van der Waals surface area contributed by atoms with Crippen molar-refractivity contribution < 1.29 is 4.39 Å². The summed E-state index contributed by atoms with van der Waals surface area (Å²) in [5.41, 5.74) is -1.34. The summed E-state index contributed by atoms with van der Waals surface area (Å²) in [5, 5.41) is 9.07. The quantitative estimate of drug-likeness (QED) is 0.746. The smallest absolute Gasteiger partial charge is 0.217 e. The number of alkyl halides is 1. The lowest BCUT2D eigenvalue weighted by atomic mass is 9.89. The molecule has 0 aliphatic carbocycles. The van der Waals surface area contributed by atoms with Gasteiger partial charge in [-0.1, -0.05) is 60.7 Å². The standard InChI is InChI=1S/C14H10FN/c15-14(11-16,12-7-3-1-4-8-12)13-9-5-2-6-10-13/h1-10H. The van der Waals surface area contributed by atoms with Gasteiger partial charge in [0.25, 0.3) is 0 Å². The van der Waals surface area contributed by atoms with Crippen LogP contribution in [-0.4, -0.2) is 0 Å². The van der Waals surface area contributed by atoms with Gasteiger partial charge in [-0.15, -0.1) is 0 Å². The maximum absolute atomic E-state index is 14.6. The molecule has 1 nitrogen and oxygen atoms in total.